The van der Waals surface area contributed by atoms with Crippen LogP contribution in [0.25, 0.3) is 0 Å². The Labute approximate surface area is 71.2 Å². The predicted octanol–water partition coefficient (Wildman–Crippen LogP) is 3.71. The van der Waals surface area contributed by atoms with Gasteiger partial charge < -0.3 is 0 Å². The quantitative estimate of drug-likeness (QED) is 0.622. The molecule has 1 rings (SSSR count). The topological polar surface area (TPSA) is 0 Å². The van der Waals surface area contributed by atoms with Gasteiger partial charge in [-0.1, -0.05) is 31.9 Å². The van der Waals surface area contributed by atoms with Gasteiger partial charge in [0.15, 0.2) is 0 Å². The van der Waals surface area contributed by atoms with Crippen molar-refractivity contribution in [1.82, 2.24) is 0 Å². The van der Waals surface area contributed by atoms with Gasteiger partial charge in [-0.2, -0.15) is 0 Å². The largest absolute Gasteiger partial charge is 0.0880 e. The average Bonchev–Trinajstić information content (AvgIpc) is 2.39. The number of halogens is 2. The third kappa shape index (κ3) is 1.35. The third-order valence-corrected chi connectivity index (χ3v) is 3.05. The van der Waals surface area contributed by atoms with Gasteiger partial charge in [-0.15, -0.1) is 0 Å². The molecule has 0 amide bonds. The lowest BCUT2D eigenvalue weighted by molar-refractivity contribution is 0.907. The van der Waals surface area contributed by atoms with E-state index in [2.05, 4.69) is 31.9 Å². The summed E-state index contributed by atoms with van der Waals surface area (Å²) in [6, 6.07) is 0. The van der Waals surface area contributed by atoms with Crippen LogP contribution in [0.4, 0.5) is 0 Å². The molecule has 0 spiro atoms. The lowest BCUT2D eigenvalue weighted by Crippen LogP contribution is -1.76. The molecule has 0 aromatic carbocycles. The summed E-state index contributed by atoms with van der Waals surface area (Å²) in [6.45, 7) is 0. The molecule has 1 aliphatic rings. The fraction of sp³-hybridized carbons (Fsp3) is 0.667. The second-order valence-electron chi connectivity index (χ2n) is 2.00. The van der Waals surface area contributed by atoms with Crippen molar-refractivity contribution in [1.29, 1.82) is 0 Å². The second-order valence-corrected chi connectivity index (χ2v) is 3.51. The summed E-state index contributed by atoms with van der Waals surface area (Å²) in [5.74, 6) is 0. The summed E-state index contributed by atoms with van der Waals surface area (Å²) in [6.07, 6.45) is 3.87. The zero-order valence-electron chi connectivity index (χ0n) is 6.58. The minimum Gasteiger partial charge on any atom is -0.0880 e. The summed E-state index contributed by atoms with van der Waals surface area (Å²) in [7, 11) is 0. The summed E-state index contributed by atoms with van der Waals surface area (Å²) >= 11 is 6.94. The van der Waals surface area contributed by atoms with Gasteiger partial charge >= 0.3 is 0 Å². The molecule has 0 radical (unpaired) electrons. The summed E-state index contributed by atoms with van der Waals surface area (Å²) in [5.41, 5.74) is 1.55. The normalized spacial score (nSPS) is 21.2. The van der Waals surface area contributed by atoms with Gasteiger partial charge in [0.2, 0.25) is 0 Å². The highest BCUT2D eigenvalue weighted by Crippen LogP contribution is 2.30. The Kier molecular flexibility index (Phi) is 2.07. The van der Waals surface area contributed by atoms with E-state index in [0.29, 0.717) is 0 Å². The summed E-state index contributed by atoms with van der Waals surface area (Å²) in [5, 5.41) is 1.05. The van der Waals surface area contributed by atoms with Crippen molar-refractivity contribution in [2.24, 2.45) is 0 Å². The van der Waals surface area contributed by atoms with Crippen LogP contribution in [0.2, 0.25) is 0 Å². The van der Waals surface area contributed by atoms with Crippen molar-refractivity contribution >= 4 is 31.9 Å². The van der Waals surface area contributed by atoms with Crippen molar-refractivity contribution in [3.63, 3.8) is 0 Å². The van der Waals surface area contributed by atoms with E-state index in [4.69, 9.17) is 2.97 Å². The minimum atomic E-state index is 0. The first-order valence-electron chi connectivity index (χ1n) is 3.77. The van der Waals surface area contributed by atoms with E-state index in [1.54, 1.807) is 5.57 Å². The lowest BCUT2D eigenvalue weighted by Gasteiger charge is -1.91. The molecule has 50 valence electrons. The molecule has 1 aliphatic carbocycles. The molecule has 0 fully saturated rings. The highest BCUT2D eigenvalue weighted by atomic mass is 79.9. The first-order valence-corrected chi connectivity index (χ1v) is 4.68. The molecule has 8 heavy (non-hydrogen) atoms. The molecule has 0 unspecified atom stereocenters. The van der Waals surface area contributed by atoms with Crippen molar-refractivity contribution < 1.29 is 4.40 Å². The van der Waals surface area contributed by atoms with Gasteiger partial charge in [-0.05, 0) is 29.3 Å². The zero-order valence-corrected chi connectivity index (χ0v) is 7.76. The number of hydrogen-bond acceptors (Lipinski definition) is 0. The number of alkyl halides is 1. The van der Waals surface area contributed by atoms with Crippen LogP contribution in [0.1, 0.15) is 23.7 Å². The Bertz CT molecular complexity index is 125. The predicted molar refractivity (Wildman–Crippen MR) is 47.8 cm³/mol. The Hall–Kier alpha value is 0.700. The van der Waals surface area contributed by atoms with Crippen molar-refractivity contribution in [3.05, 3.63) is 10.1 Å². The fourth-order valence-corrected chi connectivity index (χ4v) is 2.52. The Morgan fingerprint density at radius 1 is 1.62 bits per heavy atom. The lowest BCUT2D eigenvalue weighted by atomic mass is 10.3. The average molecular weight is 250 g/mol. The molecule has 0 saturated heterocycles. The van der Waals surface area contributed by atoms with Crippen LogP contribution in [0, 0.1) is 0 Å². The number of rotatable bonds is 1. The zero-order chi connectivity index (χ0) is 7.98. The standard InChI is InChI=1S/C6H8Br2.2H2/c7-4-5-2-1-3-6(5)8;;/h1-4H2;2*1H/i;1+2T;1+2. The molecule has 0 aliphatic heterocycles. The van der Waals surface area contributed by atoms with Crippen LogP contribution in [0.5, 0.6) is 0 Å². The van der Waals surface area contributed by atoms with Crippen molar-refractivity contribution in [2.75, 3.05) is 5.33 Å². The monoisotopic (exact) mass is 248 g/mol. The van der Waals surface area contributed by atoms with Gasteiger partial charge in [-0.25, -0.2) is 0 Å². The molecule has 0 atom stereocenters. The molecule has 0 heterocycles. The molecule has 0 N–H and O–H groups in total. The molecular formula is C6H12Br2. The van der Waals surface area contributed by atoms with Crippen molar-refractivity contribution in [2.45, 2.75) is 19.3 Å². The van der Waals surface area contributed by atoms with Crippen LogP contribution >= 0.6 is 31.9 Å². The van der Waals surface area contributed by atoms with E-state index in [1.807, 2.05) is 0 Å². The van der Waals surface area contributed by atoms with Crippen LogP contribution < -0.4 is 0 Å². The van der Waals surface area contributed by atoms with E-state index in [-0.39, 0.29) is 1.43 Å². The molecular weight excluding hydrogens is 232 g/mol. The van der Waals surface area contributed by atoms with Crippen LogP contribution in [-0.2, 0) is 0 Å². The molecule has 0 saturated carbocycles. The maximum absolute atomic E-state index is 5.00. The molecule has 0 aromatic rings. The molecule has 0 nitrogen and oxygen atoms in total. The van der Waals surface area contributed by atoms with Gasteiger partial charge in [-0.3, -0.25) is 0 Å². The summed E-state index contributed by atoms with van der Waals surface area (Å²) < 4.78 is 11.4. The van der Waals surface area contributed by atoms with E-state index in [0.717, 1.165) is 5.33 Å². The first kappa shape index (κ1) is 5.48. The number of hydrogen-bond donors (Lipinski definition) is 0. The fourth-order valence-electron chi connectivity index (χ4n) is 0.909. The highest BCUT2D eigenvalue weighted by Gasteiger charge is 2.09. The first-order chi connectivity index (χ1) is 4.84. The van der Waals surface area contributed by atoms with Crippen LogP contribution in [0.15, 0.2) is 10.1 Å². The minimum absolute atomic E-state index is 0. The maximum atomic E-state index is 5.00. The van der Waals surface area contributed by atoms with Gasteiger partial charge in [0, 0.05) is 9.73 Å². The summed E-state index contributed by atoms with van der Waals surface area (Å²) in [4.78, 5) is 0. The smallest absolute Gasteiger partial charge is 0.0252 e. The second kappa shape index (κ2) is 3.02. The van der Waals surface area contributed by atoms with E-state index >= 15 is 0 Å². The van der Waals surface area contributed by atoms with E-state index < -0.39 is 0 Å². The SMILES string of the molecule is BrCC1=C(Br)CCC1.[3HH].[3H][3H]. The Morgan fingerprint density at radius 2 is 2.38 bits per heavy atom. The van der Waals surface area contributed by atoms with Gasteiger partial charge in [0.1, 0.15) is 0 Å². The maximum Gasteiger partial charge on any atom is 0.0252 e. The molecule has 0 aromatic heterocycles. The highest BCUT2D eigenvalue weighted by molar-refractivity contribution is 9.12. The number of allylic oxidation sites excluding steroid dienone is 2. The molecule has 2 heteroatoms. The van der Waals surface area contributed by atoms with E-state index in [1.165, 1.54) is 23.7 Å². The Balaban J connectivity index is 0. The van der Waals surface area contributed by atoms with E-state index in [9.17, 15) is 0 Å². The molecule has 0 bridgehead atoms. The van der Waals surface area contributed by atoms with Gasteiger partial charge in [0.25, 0.3) is 0 Å². The van der Waals surface area contributed by atoms with Gasteiger partial charge in [0.05, 0.1) is 0 Å². The Morgan fingerprint density at radius 3 is 2.62 bits per heavy atom. The third-order valence-electron chi connectivity index (χ3n) is 1.42. The van der Waals surface area contributed by atoms with Crippen LogP contribution in [-0.4, -0.2) is 5.33 Å². The van der Waals surface area contributed by atoms with Crippen molar-refractivity contribution in [3.8, 4) is 0 Å². The van der Waals surface area contributed by atoms with Crippen LogP contribution in [0.3, 0.4) is 0 Å².